The molecule has 0 spiro atoms. The maximum Gasteiger partial charge on any atom is 0.351 e. The van der Waals surface area contributed by atoms with E-state index < -0.39 is 41.4 Å². The second-order valence-corrected chi connectivity index (χ2v) is 11.3. The van der Waals surface area contributed by atoms with Gasteiger partial charge in [0.15, 0.2) is 0 Å². The number of carbonyl (C=O) groups is 4. The molecule has 44 heavy (non-hydrogen) atoms. The van der Waals surface area contributed by atoms with Crippen molar-refractivity contribution >= 4 is 59.0 Å². The minimum Gasteiger partial charge on any atom is -0.481 e. The molecule has 0 radical (unpaired) electrons. The molecule has 0 aliphatic carbocycles. The standard InChI is InChI=1S/C12H15N3O6S.C8H11N3O3S.C4H4O3/c16-5-11-21-9(6-22-11)15-4-3-7(14-12(15)20)13-8(17)1-2-10(18)19;9-5-1-2-11(8(13)10-5)6-4-15-7(3-12)14-6;5-3-1-2-4(6)7-3/h3-4,9,11,16H,1-2,5-6H2,(H,18,19)(H,13,14,17,20);1-2,6-7,12H,3-4H2,(H2,9,10,13);1-2H2/t9?,11-;6?,7-;/m00./s1. The van der Waals surface area contributed by atoms with Crippen molar-refractivity contribution in [3.05, 3.63) is 45.5 Å². The van der Waals surface area contributed by atoms with Crippen LogP contribution in [0.1, 0.15) is 38.1 Å². The molecule has 5 heterocycles. The molecule has 2 aromatic heterocycles. The number of carboxylic acid groups (broad SMARTS) is 1. The van der Waals surface area contributed by atoms with Crippen LogP contribution >= 0.6 is 23.5 Å². The van der Waals surface area contributed by atoms with E-state index in [1.54, 1.807) is 12.3 Å². The van der Waals surface area contributed by atoms with Crippen LogP contribution in [0.5, 0.6) is 0 Å². The number of aliphatic hydroxyl groups is 2. The molecule has 0 saturated carbocycles. The Morgan fingerprint density at radius 3 is 1.82 bits per heavy atom. The van der Waals surface area contributed by atoms with Crippen molar-refractivity contribution in [2.45, 2.75) is 49.0 Å². The van der Waals surface area contributed by atoms with E-state index in [4.69, 9.17) is 30.5 Å². The number of anilines is 2. The van der Waals surface area contributed by atoms with Gasteiger partial charge in [-0.1, -0.05) is 0 Å². The highest BCUT2D eigenvalue weighted by Gasteiger charge is 2.28. The molecule has 20 heteroatoms. The number of nitrogens with one attached hydrogen (secondary N) is 1. The molecule has 4 atom stereocenters. The molecule has 5 rings (SSSR count). The fourth-order valence-corrected chi connectivity index (χ4v) is 5.44. The van der Waals surface area contributed by atoms with Gasteiger partial charge in [-0.2, -0.15) is 9.97 Å². The van der Waals surface area contributed by atoms with Crippen molar-refractivity contribution in [2.24, 2.45) is 0 Å². The lowest BCUT2D eigenvalue weighted by Gasteiger charge is -2.13. The average molecular weight is 659 g/mol. The van der Waals surface area contributed by atoms with Crippen LogP contribution in [0.2, 0.25) is 0 Å². The van der Waals surface area contributed by atoms with Gasteiger partial charge in [0.2, 0.25) is 5.91 Å². The summed E-state index contributed by atoms with van der Waals surface area (Å²) in [4.78, 5) is 72.5. The zero-order valence-electron chi connectivity index (χ0n) is 23.0. The lowest BCUT2D eigenvalue weighted by Crippen LogP contribution is -2.29. The van der Waals surface area contributed by atoms with Gasteiger partial charge >= 0.3 is 29.3 Å². The summed E-state index contributed by atoms with van der Waals surface area (Å²) >= 11 is 2.86. The molecule has 240 valence electrons. The zero-order valence-corrected chi connectivity index (χ0v) is 24.6. The topological polar surface area (TPSA) is 264 Å². The first-order valence-electron chi connectivity index (χ1n) is 12.9. The van der Waals surface area contributed by atoms with Crippen LogP contribution in [0.15, 0.2) is 34.1 Å². The first kappa shape index (κ1) is 34.7. The average Bonchev–Trinajstić information content (AvgIpc) is 3.74. The number of hydrogen-bond acceptors (Lipinski definition) is 16. The molecule has 3 aliphatic rings. The summed E-state index contributed by atoms with van der Waals surface area (Å²) in [5, 5.41) is 28.7. The molecular formula is C24H30N6O12S2. The van der Waals surface area contributed by atoms with E-state index in [-0.39, 0.29) is 67.6 Å². The smallest absolute Gasteiger partial charge is 0.351 e. The predicted octanol–water partition coefficient (Wildman–Crippen LogP) is -1.12. The fraction of sp³-hybridized carbons (Fsp3) is 0.500. The largest absolute Gasteiger partial charge is 0.481 e. The Labute approximate surface area is 256 Å². The lowest BCUT2D eigenvalue weighted by molar-refractivity contribution is -0.152. The highest BCUT2D eigenvalue weighted by molar-refractivity contribution is 8.00. The molecular weight excluding hydrogens is 628 g/mol. The Morgan fingerprint density at radius 1 is 0.886 bits per heavy atom. The number of nitrogen functional groups attached to an aromatic ring is 1. The van der Waals surface area contributed by atoms with Crippen molar-refractivity contribution in [1.82, 2.24) is 19.1 Å². The summed E-state index contributed by atoms with van der Waals surface area (Å²) in [7, 11) is 0. The first-order valence-corrected chi connectivity index (χ1v) is 15.0. The minimum atomic E-state index is -1.08. The highest BCUT2D eigenvalue weighted by atomic mass is 32.2. The number of aliphatic carboxylic acids is 1. The van der Waals surface area contributed by atoms with Gasteiger partial charge in [0.1, 0.15) is 35.0 Å². The van der Waals surface area contributed by atoms with E-state index in [1.165, 1.54) is 44.9 Å². The van der Waals surface area contributed by atoms with E-state index in [0.717, 1.165) is 0 Å². The van der Waals surface area contributed by atoms with E-state index in [0.29, 0.717) is 11.5 Å². The Bertz CT molecular complexity index is 1440. The fourth-order valence-electron chi connectivity index (χ4n) is 3.58. The summed E-state index contributed by atoms with van der Waals surface area (Å²) in [6.45, 7) is -0.195. The molecule has 18 nitrogen and oxygen atoms in total. The summed E-state index contributed by atoms with van der Waals surface area (Å²) in [5.41, 5.74) is 3.71. The zero-order chi connectivity index (χ0) is 32.2. The Morgan fingerprint density at radius 2 is 1.41 bits per heavy atom. The molecule has 6 N–H and O–H groups in total. The van der Waals surface area contributed by atoms with E-state index in [1.807, 2.05) is 0 Å². The normalized spacial score (nSPS) is 22.3. The van der Waals surface area contributed by atoms with Gasteiger partial charge in [-0.15, -0.1) is 23.5 Å². The number of esters is 2. The molecule has 0 aromatic carbocycles. The number of ether oxygens (including phenoxy) is 3. The number of hydrogen-bond donors (Lipinski definition) is 5. The van der Waals surface area contributed by atoms with Crippen molar-refractivity contribution < 1.29 is 48.7 Å². The maximum absolute atomic E-state index is 11.9. The number of cyclic esters (lactones) is 2. The van der Waals surface area contributed by atoms with Crippen LogP contribution in [0.4, 0.5) is 11.6 Å². The van der Waals surface area contributed by atoms with Crippen molar-refractivity contribution in [3.63, 3.8) is 0 Å². The number of amides is 1. The molecule has 2 aromatic rings. The third-order valence-electron chi connectivity index (χ3n) is 5.66. The second kappa shape index (κ2) is 16.9. The van der Waals surface area contributed by atoms with Crippen molar-refractivity contribution in [1.29, 1.82) is 0 Å². The molecule has 2 unspecified atom stereocenters. The Balaban J connectivity index is 0.000000205. The highest BCUT2D eigenvalue weighted by Crippen LogP contribution is 2.31. The van der Waals surface area contributed by atoms with Gasteiger partial charge in [-0.25, -0.2) is 9.59 Å². The van der Waals surface area contributed by atoms with E-state index in [2.05, 4.69) is 20.0 Å². The van der Waals surface area contributed by atoms with Crippen LogP contribution in [0.3, 0.4) is 0 Å². The number of carboxylic acids is 1. The lowest BCUT2D eigenvalue weighted by atomic mass is 10.3. The van der Waals surface area contributed by atoms with Crippen LogP contribution in [0, 0.1) is 0 Å². The van der Waals surface area contributed by atoms with Crippen LogP contribution in [-0.4, -0.2) is 93.8 Å². The Hall–Kier alpha value is -3.82. The number of carbonyl (C=O) groups excluding carboxylic acids is 3. The van der Waals surface area contributed by atoms with Gasteiger partial charge < -0.3 is 40.6 Å². The second-order valence-electron chi connectivity index (χ2n) is 8.91. The minimum absolute atomic E-state index is 0.0565. The van der Waals surface area contributed by atoms with Crippen molar-refractivity contribution in [3.8, 4) is 0 Å². The van der Waals surface area contributed by atoms with Gasteiger partial charge in [0.05, 0.1) is 32.5 Å². The number of rotatable bonds is 8. The first-order chi connectivity index (χ1) is 21.0. The van der Waals surface area contributed by atoms with Gasteiger partial charge in [-0.05, 0) is 12.1 Å². The molecule has 3 fully saturated rings. The third-order valence-corrected chi connectivity index (χ3v) is 7.88. The molecule has 0 bridgehead atoms. The molecule has 3 aliphatic heterocycles. The van der Waals surface area contributed by atoms with E-state index >= 15 is 0 Å². The number of thioether (sulfide) groups is 2. The molecule has 3 saturated heterocycles. The van der Waals surface area contributed by atoms with Crippen LogP contribution in [-0.2, 0) is 33.4 Å². The number of nitrogens with zero attached hydrogens (tertiary/aromatic N) is 4. The van der Waals surface area contributed by atoms with Gasteiger partial charge in [0, 0.05) is 30.3 Å². The summed E-state index contributed by atoms with van der Waals surface area (Å²) in [6.07, 6.45) is 2.14. The molecule has 1 amide bonds. The van der Waals surface area contributed by atoms with Crippen LogP contribution in [0.25, 0.3) is 0 Å². The number of nitrogens with two attached hydrogens (primary N) is 1. The van der Waals surface area contributed by atoms with Crippen LogP contribution < -0.4 is 22.4 Å². The SMILES string of the molecule is Nc1ccn(C2CS[C@@H](CO)O2)c(=O)n1.O=C(O)CCC(=O)Nc1ccn(C2CS[C@@H](CO)O2)c(=O)n1.O=C1CCC(=O)O1. The predicted molar refractivity (Wildman–Crippen MR) is 154 cm³/mol. The number of aromatic nitrogens is 4. The number of aliphatic hydroxyl groups excluding tert-OH is 2. The Kier molecular flexibility index (Phi) is 13.3. The summed E-state index contributed by atoms with van der Waals surface area (Å²) < 4.78 is 17.6. The summed E-state index contributed by atoms with van der Waals surface area (Å²) in [6, 6.07) is 2.97. The monoisotopic (exact) mass is 658 g/mol. The van der Waals surface area contributed by atoms with Gasteiger partial charge in [-0.3, -0.25) is 28.3 Å². The van der Waals surface area contributed by atoms with E-state index in [9.17, 15) is 28.8 Å². The quantitative estimate of drug-likeness (QED) is 0.166. The third kappa shape index (κ3) is 10.7. The maximum atomic E-state index is 11.9. The summed E-state index contributed by atoms with van der Waals surface area (Å²) in [5.74, 6) is -1.02. The van der Waals surface area contributed by atoms with Gasteiger partial charge in [0.25, 0.3) is 0 Å². The van der Waals surface area contributed by atoms with Crippen molar-refractivity contribution in [2.75, 3.05) is 35.8 Å².